The summed E-state index contributed by atoms with van der Waals surface area (Å²) < 4.78 is 15.7. The fraction of sp³-hybridized carbons (Fsp3) is 0.500. The smallest absolute Gasteiger partial charge is 0.340 e. The first kappa shape index (κ1) is 13.7. The van der Waals surface area contributed by atoms with E-state index in [1.165, 1.54) is 7.11 Å². The highest BCUT2D eigenvalue weighted by molar-refractivity contribution is 5.96. The van der Waals surface area contributed by atoms with Crippen LogP contribution in [0.25, 0.3) is 0 Å². The predicted octanol–water partition coefficient (Wildman–Crippen LogP) is 1.86. The first-order chi connectivity index (χ1) is 9.22. The molecule has 2 N–H and O–H groups in total. The maximum Gasteiger partial charge on any atom is 0.340 e. The predicted molar refractivity (Wildman–Crippen MR) is 71.2 cm³/mol. The van der Waals surface area contributed by atoms with Crippen molar-refractivity contribution in [1.29, 1.82) is 0 Å². The minimum absolute atomic E-state index is 0.335. The summed E-state index contributed by atoms with van der Waals surface area (Å²) in [5, 5.41) is 0. The summed E-state index contributed by atoms with van der Waals surface area (Å²) in [4.78, 5) is 11.5. The van der Waals surface area contributed by atoms with Crippen molar-refractivity contribution in [1.82, 2.24) is 0 Å². The topological polar surface area (TPSA) is 70.8 Å². The van der Waals surface area contributed by atoms with Crippen molar-refractivity contribution in [2.75, 3.05) is 32.7 Å². The van der Waals surface area contributed by atoms with Gasteiger partial charge in [-0.15, -0.1) is 0 Å². The van der Waals surface area contributed by atoms with Crippen molar-refractivity contribution in [3.8, 4) is 5.75 Å². The monoisotopic (exact) mass is 265 g/mol. The van der Waals surface area contributed by atoms with E-state index >= 15 is 0 Å². The zero-order valence-electron chi connectivity index (χ0n) is 11.1. The molecule has 104 valence electrons. The number of para-hydroxylation sites is 1. The van der Waals surface area contributed by atoms with Crippen LogP contribution >= 0.6 is 0 Å². The van der Waals surface area contributed by atoms with E-state index in [-0.39, 0.29) is 0 Å². The molecule has 0 aromatic heterocycles. The normalized spacial score (nSPS) is 16.1. The van der Waals surface area contributed by atoms with Gasteiger partial charge in [-0.2, -0.15) is 0 Å². The molecule has 0 amide bonds. The fourth-order valence-electron chi connectivity index (χ4n) is 2.08. The minimum Gasteiger partial charge on any atom is -0.491 e. The Morgan fingerprint density at radius 2 is 2.16 bits per heavy atom. The summed E-state index contributed by atoms with van der Waals surface area (Å²) in [5.74, 6) is 0.568. The Morgan fingerprint density at radius 3 is 2.84 bits per heavy atom. The Hall–Kier alpha value is -1.75. The van der Waals surface area contributed by atoms with Crippen molar-refractivity contribution in [3.05, 3.63) is 23.8 Å². The molecule has 5 nitrogen and oxygen atoms in total. The van der Waals surface area contributed by atoms with Gasteiger partial charge in [-0.25, -0.2) is 4.79 Å². The van der Waals surface area contributed by atoms with Crippen LogP contribution in [0, 0.1) is 5.92 Å². The van der Waals surface area contributed by atoms with Gasteiger partial charge >= 0.3 is 5.97 Å². The molecule has 0 spiro atoms. The molecule has 2 rings (SSSR count). The Balaban J connectivity index is 2.01. The standard InChI is InChI=1S/C14H19NO4/c1-17-14(16)11-3-2-4-12(13(11)15)19-9-10-5-7-18-8-6-10/h2-4,10H,5-9,15H2,1H3. The van der Waals surface area contributed by atoms with E-state index in [9.17, 15) is 4.79 Å². The molecule has 1 aliphatic heterocycles. The largest absolute Gasteiger partial charge is 0.491 e. The number of carbonyl (C=O) groups is 1. The molecule has 5 heteroatoms. The third-order valence-corrected chi connectivity index (χ3v) is 3.29. The number of nitrogens with two attached hydrogens (primary N) is 1. The van der Waals surface area contributed by atoms with Gasteiger partial charge in [0.15, 0.2) is 0 Å². The molecule has 0 aliphatic carbocycles. The molecule has 19 heavy (non-hydrogen) atoms. The second-order valence-corrected chi connectivity index (χ2v) is 4.58. The molecule has 0 atom stereocenters. The first-order valence-electron chi connectivity index (χ1n) is 6.39. The van der Waals surface area contributed by atoms with Gasteiger partial charge < -0.3 is 19.9 Å². The zero-order valence-corrected chi connectivity index (χ0v) is 11.1. The van der Waals surface area contributed by atoms with Crippen LogP contribution in [0.15, 0.2) is 18.2 Å². The molecule has 0 saturated carbocycles. The lowest BCUT2D eigenvalue weighted by Crippen LogP contribution is -2.21. The quantitative estimate of drug-likeness (QED) is 0.664. The highest BCUT2D eigenvalue weighted by atomic mass is 16.5. The van der Waals surface area contributed by atoms with Crippen LogP contribution in [0.5, 0.6) is 5.75 Å². The van der Waals surface area contributed by atoms with Gasteiger partial charge in [-0.1, -0.05) is 6.07 Å². The van der Waals surface area contributed by atoms with Gasteiger partial charge in [-0.3, -0.25) is 0 Å². The average molecular weight is 265 g/mol. The number of hydrogen-bond acceptors (Lipinski definition) is 5. The first-order valence-corrected chi connectivity index (χ1v) is 6.39. The number of ether oxygens (including phenoxy) is 3. The van der Waals surface area contributed by atoms with E-state index in [2.05, 4.69) is 4.74 Å². The lowest BCUT2D eigenvalue weighted by atomic mass is 10.0. The van der Waals surface area contributed by atoms with Crippen molar-refractivity contribution in [2.24, 2.45) is 5.92 Å². The van der Waals surface area contributed by atoms with Crippen LogP contribution < -0.4 is 10.5 Å². The van der Waals surface area contributed by atoms with Gasteiger partial charge in [0.2, 0.25) is 0 Å². The third kappa shape index (κ3) is 3.38. The highest BCUT2D eigenvalue weighted by Gasteiger charge is 2.17. The number of esters is 1. The lowest BCUT2D eigenvalue weighted by Gasteiger charge is -2.22. The lowest BCUT2D eigenvalue weighted by molar-refractivity contribution is 0.0498. The third-order valence-electron chi connectivity index (χ3n) is 3.29. The van der Waals surface area contributed by atoms with E-state index in [0.717, 1.165) is 26.1 Å². The molecular formula is C14H19NO4. The summed E-state index contributed by atoms with van der Waals surface area (Å²) in [5.41, 5.74) is 6.60. The zero-order chi connectivity index (χ0) is 13.7. The fourth-order valence-corrected chi connectivity index (χ4v) is 2.08. The molecule has 1 saturated heterocycles. The number of methoxy groups -OCH3 is 1. The van der Waals surface area contributed by atoms with E-state index in [4.69, 9.17) is 15.2 Å². The Bertz CT molecular complexity index is 441. The molecule has 0 unspecified atom stereocenters. The molecule has 0 bridgehead atoms. The average Bonchev–Trinajstić information content (AvgIpc) is 2.46. The maximum absolute atomic E-state index is 11.5. The van der Waals surface area contributed by atoms with Gasteiger partial charge in [0.25, 0.3) is 0 Å². The van der Waals surface area contributed by atoms with Crippen LogP contribution in [0.3, 0.4) is 0 Å². The number of benzene rings is 1. The molecule has 0 radical (unpaired) electrons. The van der Waals surface area contributed by atoms with Gasteiger partial charge in [0, 0.05) is 13.2 Å². The summed E-state index contributed by atoms with van der Waals surface area (Å²) >= 11 is 0. The molecular weight excluding hydrogens is 246 g/mol. The number of hydrogen-bond donors (Lipinski definition) is 1. The minimum atomic E-state index is -0.450. The molecule has 1 fully saturated rings. The van der Waals surface area contributed by atoms with Crippen LogP contribution in [0.2, 0.25) is 0 Å². The number of anilines is 1. The number of carbonyl (C=O) groups excluding carboxylic acids is 1. The van der Waals surface area contributed by atoms with Crippen LogP contribution in [-0.4, -0.2) is 32.9 Å². The number of nitrogen functional groups attached to an aromatic ring is 1. The summed E-state index contributed by atoms with van der Waals surface area (Å²) in [6.45, 7) is 2.16. The Labute approximate surface area is 112 Å². The van der Waals surface area contributed by atoms with Crippen molar-refractivity contribution >= 4 is 11.7 Å². The van der Waals surface area contributed by atoms with E-state index in [0.29, 0.717) is 29.5 Å². The Kier molecular flexibility index (Phi) is 4.63. The summed E-state index contributed by atoms with van der Waals surface area (Å²) in [7, 11) is 1.33. The maximum atomic E-state index is 11.5. The Morgan fingerprint density at radius 1 is 1.42 bits per heavy atom. The van der Waals surface area contributed by atoms with Crippen LogP contribution in [-0.2, 0) is 9.47 Å². The molecule has 1 aliphatic rings. The molecule has 1 aromatic carbocycles. The SMILES string of the molecule is COC(=O)c1cccc(OCC2CCOCC2)c1N. The second-order valence-electron chi connectivity index (χ2n) is 4.58. The van der Waals surface area contributed by atoms with Crippen LogP contribution in [0.4, 0.5) is 5.69 Å². The summed E-state index contributed by atoms with van der Waals surface area (Å²) in [6, 6.07) is 5.13. The van der Waals surface area contributed by atoms with Crippen molar-refractivity contribution in [3.63, 3.8) is 0 Å². The highest BCUT2D eigenvalue weighted by Crippen LogP contribution is 2.27. The van der Waals surface area contributed by atoms with E-state index in [1.54, 1.807) is 18.2 Å². The van der Waals surface area contributed by atoms with Crippen LogP contribution in [0.1, 0.15) is 23.2 Å². The van der Waals surface area contributed by atoms with Gasteiger partial charge in [0.05, 0.1) is 25.0 Å². The van der Waals surface area contributed by atoms with Gasteiger partial charge in [-0.05, 0) is 30.9 Å². The molecule has 1 aromatic rings. The van der Waals surface area contributed by atoms with E-state index in [1.807, 2.05) is 0 Å². The van der Waals surface area contributed by atoms with E-state index < -0.39 is 5.97 Å². The molecule has 1 heterocycles. The van der Waals surface area contributed by atoms with Gasteiger partial charge in [0.1, 0.15) is 5.75 Å². The number of rotatable bonds is 4. The van der Waals surface area contributed by atoms with Crippen molar-refractivity contribution < 1.29 is 19.0 Å². The summed E-state index contributed by atoms with van der Waals surface area (Å²) in [6.07, 6.45) is 1.99. The second kappa shape index (κ2) is 6.43. The van der Waals surface area contributed by atoms with Crippen molar-refractivity contribution in [2.45, 2.75) is 12.8 Å².